The number of likely N-dealkylation sites (tertiary alicyclic amines) is 1. The van der Waals surface area contributed by atoms with E-state index in [1.165, 1.54) is 5.56 Å². The monoisotopic (exact) mass is 421 g/mol. The van der Waals surface area contributed by atoms with Crippen LogP contribution in [-0.2, 0) is 24.3 Å². The molecular weight excluding hydrogens is 390 g/mol. The Morgan fingerprint density at radius 3 is 2.65 bits per heavy atom. The van der Waals surface area contributed by atoms with Gasteiger partial charge in [-0.25, -0.2) is 4.98 Å². The molecule has 2 aromatic heterocycles. The van der Waals surface area contributed by atoms with E-state index >= 15 is 0 Å². The molecule has 164 valence electrons. The highest BCUT2D eigenvalue weighted by Crippen LogP contribution is 2.34. The maximum absolute atomic E-state index is 13.2. The van der Waals surface area contributed by atoms with E-state index in [2.05, 4.69) is 14.9 Å². The second-order valence-electron chi connectivity index (χ2n) is 9.22. The van der Waals surface area contributed by atoms with Crippen molar-refractivity contribution in [2.45, 2.75) is 70.5 Å². The van der Waals surface area contributed by atoms with E-state index in [4.69, 9.17) is 4.98 Å². The molecule has 2 fully saturated rings. The number of rotatable bonds is 4. The minimum atomic E-state index is -0.101. The average molecular weight is 422 g/mol. The third-order valence-electron chi connectivity index (χ3n) is 7.13. The van der Waals surface area contributed by atoms with E-state index in [0.29, 0.717) is 18.8 Å². The number of aromatic amines is 1. The molecule has 1 aliphatic carbocycles. The van der Waals surface area contributed by atoms with Crippen LogP contribution in [0.3, 0.4) is 0 Å². The van der Waals surface area contributed by atoms with Gasteiger partial charge in [-0.1, -0.05) is 12.8 Å². The average Bonchev–Trinajstić information content (AvgIpc) is 3.34. The Balaban J connectivity index is 1.38. The predicted octanol–water partition coefficient (Wildman–Crippen LogP) is 2.97. The van der Waals surface area contributed by atoms with Gasteiger partial charge in [-0.2, -0.15) is 0 Å². The van der Waals surface area contributed by atoms with Crippen molar-refractivity contribution < 1.29 is 4.79 Å². The Morgan fingerprint density at radius 1 is 1.06 bits per heavy atom. The number of carbonyl (C=O) groups is 1. The second-order valence-corrected chi connectivity index (χ2v) is 9.22. The van der Waals surface area contributed by atoms with Crippen LogP contribution in [0.4, 0.5) is 0 Å². The maximum Gasteiger partial charge on any atom is 0.254 e. The molecule has 3 aliphatic rings. The Labute approximate surface area is 182 Å². The summed E-state index contributed by atoms with van der Waals surface area (Å²) < 4.78 is 0. The van der Waals surface area contributed by atoms with Gasteiger partial charge in [0.05, 0.1) is 11.7 Å². The summed E-state index contributed by atoms with van der Waals surface area (Å²) in [6.07, 6.45) is 11.6. The van der Waals surface area contributed by atoms with Gasteiger partial charge >= 0.3 is 0 Å². The lowest BCUT2D eigenvalue weighted by Gasteiger charge is -2.37. The number of H-pyrrole nitrogens is 1. The van der Waals surface area contributed by atoms with Crippen LogP contribution in [0.1, 0.15) is 73.6 Å². The van der Waals surface area contributed by atoms with Crippen LogP contribution in [0.2, 0.25) is 0 Å². The number of aromatic nitrogens is 3. The lowest BCUT2D eigenvalue weighted by molar-refractivity contribution is -0.139. The number of hydrogen-bond donors (Lipinski definition) is 1. The third-order valence-corrected chi connectivity index (χ3v) is 7.13. The summed E-state index contributed by atoms with van der Waals surface area (Å²) in [6, 6.07) is 3.96. The van der Waals surface area contributed by atoms with Crippen molar-refractivity contribution in [1.29, 1.82) is 0 Å². The molecule has 5 rings (SSSR count). The molecule has 7 heteroatoms. The fourth-order valence-corrected chi connectivity index (χ4v) is 5.44. The zero-order valence-corrected chi connectivity index (χ0v) is 18.1. The molecule has 1 N–H and O–H groups in total. The Kier molecular flexibility index (Phi) is 5.85. The van der Waals surface area contributed by atoms with Crippen molar-refractivity contribution >= 4 is 5.91 Å². The topological polar surface area (TPSA) is 82.2 Å². The molecule has 0 unspecified atom stereocenters. The second kappa shape index (κ2) is 8.91. The molecular formula is C24H31N5O2. The van der Waals surface area contributed by atoms with E-state index in [1.807, 2.05) is 29.4 Å². The number of fused-ring (bicyclic) bond motifs is 1. The molecule has 0 spiro atoms. The van der Waals surface area contributed by atoms with Crippen molar-refractivity contribution in [1.82, 2.24) is 24.8 Å². The van der Waals surface area contributed by atoms with Gasteiger partial charge in [0.25, 0.3) is 5.56 Å². The fraction of sp³-hybridized carbons (Fsp3) is 0.583. The highest BCUT2D eigenvalue weighted by atomic mass is 16.2. The SMILES string of the molecule is O=C(C1CCCC1)N1CCCC[C@H]1c1nc2c(c(=O)[nH]1)CCN(Cc1ccncc1)C2. The highest BCUT2D eigenvalue weighted by molar-refractivity contribution is 5.79. The molecule has 1 saturated carbocycles. The molecule has 2 aliphatic heterocycles. The van der Waals surface area contributed by atoms with Gasteiger partial charge in [0, 0.05) is 50.1 Å². The van der Waals surface area contributed by atoms with Gasteiger partial charge in [-0.05, 0) is 56.2 Å². The Morgan fingerprint density at radius 2 is 1.84 bits per heavy atom. The van der Waals surface area contributed by atoms with Gasteiger partial charge < -0.3 is 9.88 Å². The van der Waals surface area contributed by atoms with Gasteiger partial charge in [0.15, 0.2) is 0 Å². The van der Waals surface area contributed by atoms with Crippen molar-refractivity contribution in [3.8, 4) is 0 Å². The van der Waals surface area contributed by atoms with Gasteiger partial charge in [0.1, 0.15) is 5.82 Å². The van der Waals surface area contributed by atoms with E-state index in [1.54, 1.807) is 0 Å². The first-order valence-corrected chi connectivity index (χ1v) is 11.7. The first-order valence-electron chi connectivity index (χ1n) is 11.7. The first kappa shape index (κ1) is 20.4. The Hall–Kier alpha value is -2.54. The van der Waals surface area contributed by atoms with Crippen molar-refractivity contribution in [2.24, 2.45) is 5.92 Å². The molecule has 0 aromatic carbocycles. The van der Waals surface area contributed by atoms with Gasteiger partial charge in [-0.15, -0.1) is 0 Å². The molecule has 31 heavy (non-hydrogen) atoms. The zero-order valence-electron chi connectivity index (χ0n) is 18.1. The van der Waals surface area contributed by atoms with Crippen LogP contribution in [-0.4, -0.2) is 43.7 Å². The first-order chi connectivity index (χ1) is 15.2. The summed E-state index contributed by atoms with van der Waals surface area (Å²) in [5.74, 6) is 1.10. The van der Waals surface area contributed by atoms with Crippen molar-refractivity contribution in [3.05, 3.63) is 57.5 Å². The minimum Gasteiger partial charge on any atom is -0.332 e. The zero-order chi connectivity index (χ0) is 21.2. The van der Waals surface area contributed by atoms with Gasteiger partial charge in [-0.3, -0.25) is 19.5 Å². The number of nitrogens with zero attached hydrogens (tertiary/aromatic N) is 4. The summed E-state index contributed by atoms with van der Waals surface area (Å²) in [5, 5.41) is 0. The smallest absolute Gasteiger partial charge is 0.254 e. The van der Waals surface area contributed by atoms with Gasteiger partial charge in [0.2, 0.25) is 5.91 Å². The fourth-order valence-electron chi connectivity index (χ4n) is 5.44. The lowest BCUT2D eigenvalue weighted by atomic mass is 9.97. The Bertz CT molecular complexity index is 983. The summed E-state index contributed by atoms with van der Waals surface area (Å²) in [4.78, 5) is 42.5. The van der Waals surface area contributed by atoms with E-state index in [0.717, 1.165) is 75.8 Å². The number of amides is 1. The normalized spacial score (nSPS) is 22.5. The van der Waals surface area contributed by atoms with Crippen molar-refractivity contribution in [2.75, 3.05) is 13.1 Å². The molecule has 0 radical (unpaired) electrons. The lowest BCUT2D eigenvalue weighted by Crippen LogP contribution is -2.43. The van der Waals surface area contributed by atoms with Crippen LogP contribution in [0.5, 0.6) is 0 Å². The van der Waals surface area contributed by atoms with Crippen LogP contribution in [0.25, 0.3) is 0 Å². The number of carbonyl (C=O) groups excluding carboxylic acids is 1. The van der Waals surface area contributed by atoms with Crippen LogP contribution in [0.15, 0.2) is 29.3 Å². The highest BCUT2D eigenvalue weighted by Gasteiger charge is 2.35. The van der Waals surface area contributed by atoms with Crippen LogP contribution >= 0.6 is 0 Å². The number of hydrogen-bond acceptors (Lipinski definition) is 5. The molecule has 1 saturated heterocycles. The van der Waals surface area contributed by atoms with Crippen LogP contribution in [0, 0.1) is 5.92 Å². The third kappa shape index (κ3) is 4.28. The van der Waals surface area contributed by atoms with E-state index < -0.39 is 0 Å². The quantitative estimate of drug-likeness (QED) is 0.821. The molecule has 1 atom stereocenters. The molecule has 2 aromatic rings. The molecule has 0 bridgehead atoms. The molecule has 1 amide bonds. The summed E-state index contributed by atoms with van der Waals surface area (Å²) in [6.45, 7) is 3.10. The van der Waals surface area contributed by atoms with Crippen molar-refractivity contribution in [3.63, 3.8) is 0 Å². The maximum atomic E-state index is 13.2. The number of pyridine rings is 1. The molecule has 7 nitrogen and oxygen atoms in total. The summed E-state index contributed by atoms with van der Waals surface area (Å²) >= 11 is 0. The van der Waals surface area contributed by atoms with E-state index in [-0.39, 0.29) is 23.4 Å². The minimum absolute atomic E-state index is 0.0256. The van der Waals surface area contributed by atoms with E-state index in [9.17, 15) is 9.59 Å². The summed E-state index contributed by atoms with van der Waals surface area (Å²) in [5.41, 5.74) is 2.86. The standard InChI is InChI=1S/C24H31N5O2/c30-23-19-10-14-28(15-17-8-11-25-12-9-17)16-20(19)26-22(27-23)21-7-3-4-13-29(21)24(31)18-5-1-2-6-18/h8-9,11-12,18,21H,1-7,10,13-16H2,(H,26,27,30)/t21-/m0/s1. The van der Waals surface area contributed by atoms with Crippen LogP contribution < -0.4 is 5.56 Å². The number of piperidine rings is 1. The summed E-state index contributed by atoms with van der Waals surface area (Å²) in [7, 11) is 0. The largest absolute Gasteiger partial charge is 0.332 e. The number of nitrogens with one attached hydrogen (secondary N) is 1. The predicted molar refractivity (Wildman–Crippen MR) is 117 cm³/mol. The molecule has 4 heterocycles.